The van der Waals surface area contributed by atoms with Crippen molar-refractivity contribution in [1.29, 1.82) is 0 Å². The van der Waals surface area contributed by atoms with Crippen molar-refractivity contribution in [1.82, 2.24) is 5.32 Å². The lowest BCUT2D eigenvalue weighted by molar-refractivity contribution is -0.147. The Balaban J connectivity index is 1.87. The van der Waals surface area contributed by atoms with Gasteiger partial charge >= 0.3 is 5.97 Å². The molecule has 13 heavy (non-hydrogen) atoms. The summed E-state index contributed by atoms with van der Waals surface area (Å²) in [5.74, 6) is 1.68. The SMILES string of the molecule is CCOC(=O)C1C[C@H]2CNC[C@@H]2C1. The molecule has 1 saturated carbocycles. The minimum Gasteiger partial charge on any atom is -0.466 e. The van der Waals surface area contributed by atoms with Crippen LogP contribution >= 0.6 is 0 Å². The number of nitrogens with one attached hydrogen (secondary N) is 1. The molecule has 2 atom stereocenters. The molecule has 3 nitrogen and oxygen atoms in total. The Bertz CT molecular complexity index is 193. The standard InChI is InChI=1S/C10H17NO2/c1-2-13-10(12)7-3-8-5-11-6-9(8)4-7/h7-9,11H,2-6H2,1H3/t8-,9-/m0/s1. The van der Waals surface area contributed by atoms with E-state index in [4.69, 9.17) is 4.74 Å². The molecule has 1 N–H and O–H groups in total. The number of carbonyl (C=O) groups excluding carboxylic acids is 1. The largest absolute Gasteiger partial charge is 0.466 e. The highest BCUT2D eigenvalue weighted by Crippen LogP contribution is 2.38. The first-order valence-electron chi connectivity index (χ1n) is 5.18. The minimum atomic E-state index is 0.0249. The summed E-state index contributed by atoms with van der Waals surface area (Å²) < 4.78 is 5.03. The van der Waals surface area contributed by atoms with Gasteiger partial charge in [0, 0.05) is 0 Å². The van der Waals surface area contributed by atoms with Crippen molar-refractivity contribution >= 4 is 5.97 Å². The van der Waals surface area contributed by atoms with Crippen LogP contribution in [0, 0.1) is 17.8 Å². The molecule has 0 unspecified atom stereocenters. The van der Waals surface area contributed by atoms with Crippen LogP contribution in [-0.2, 0) is 9.53 Å². The minimum absolute atomic E-state index is 0.0249. The zero-order chi connectivity index (χ0) is 9.26. The van der Waals surface area contributed by atoms with Crippen LogP contribution in [0.25, 0.3) is 0 Å². The average Bonchev–Trinajstić information content (AvgIpc) is 2.61. The second-order valence-electron chi connectivity index (χ2n) is 4.10. The summed E-state index contributed by atoms with van der Waals surface area (Å²) in [6.07, 6.45) is 2.08. The third-order valence-electron chi connectivity index (χ3n) is 3.27. The van der Waals surface area contributed by atoms with E-state index in [2.05, 4.69) is 5.32 Å². The predicted octanol–water partition coefficient (Wildman–Crippen LogP) is 0.795. The molecule has 1 heterocycles. The molecule has 0 amide bonds. The van der Waals surface area contributed by atoms with Crippen LogP contribution in [0.4, 0.5) is 0 Å². The summed E-state index contributed by atoms with van der Waals surface area (Å²) in [5, 5.41) is 3.36. The first-order chi connectivity index (χ1) is 6.31. The lowest BCUT2D eigenvalue weighted by Gasteiger charge is -2.09. The van der Waals surface area contributed by atoms with Gasteiger partial charge in [-0.2, -0.15) is 0 Å². The van der Waals surface area contributed by atoms with E-state index in [1.807, 2.05) is 6.92 Å². The number of rotatable bonds is 2. The van der Waals surface area contributed by atoms with Crippen LogP contribution in [0.2, 0.25) is 0 Å². The van der Waals surface area contributed by atoms with Crippen molar-refractivity contribution in [3.8, 4) is 0 Å². The molecule has 0 aromatic rings. The zero-order valence-corrected chi connectivity index (χ0v) is 8.08. The second kappa shape index (κ2) is 3.66. The number of fused-ring (bicyclic) bond motifs is 1. The van der Waals surface area contributed by atoms with Crippen molar-refractivity contribution in [2.45, 2.75) is 19.8 Å². The average molecular weight is 183 g/mol. The number of hydrogen-bond acceptors (Lipinski definition) is 3. The van der Waals surface area contributed by atoms with Crippen molar-refractivity contribution < 1.29 is 9.53 Å². The number of esters is 1. The van der Waals surface area contributed by atoms with Gasteiger partial charge in [0.1, 0.15) is 0 Å². The van der Waals surface area contributed by atoms with Crippen molar-refractivity contribution in [3.05, 3.63) is 0 Å². The maximum atomic E-state index is 11.4. The maximum absolute atomic E-state index is 11.4. The Morgan fingerprint density at radius 1 is 1.38 bits per heavy atom. The molecule has 0 spiro atoms. The number of hydrogen-bond donors (Lipinski definition) is 1. The van der Waals surface area contributed by atoms with Crippen LogP contribution in [0.15, 0.2) is 0 Å². The summed E-state index contributed by atoms with van der Waals surface area (Å²) >= 11 is 0. The third kappa shape index (κ3) is 1.70. The monoisotopic (exact) mass is 183 g/mol. The number of ether oxygens (including phenoxy) is 1. The lowest BCUT2D eigenvalue weighted by atomic mass is 10.0. The Kier molecular flexibility index (Phi) is 2.54. The molecule has 0 aromatic heterocycles. The molecule has 3 heteroatoms. The van der Waals surface area contributed by atoms with Gasteiger partial charge in [-0.3, -0.25) is 4.79 Å². The Morgan fingerprint density at radius 2 is 2.00 bits per heavy atom. The van der Waals surface area contributed by atoms with Crippen LogP contribution < -0.4 is 5.32 Å². The summed E-state index contributed by atoms with van der Waals surface area (Å²) in [7, 11) is 0. The molecule has 2 aliphatic rings. The van der Waals surface area contributed by atoms with E-state index >= 15 is 0 Å². The Morgan fingerprint density at radius 3 is 2.54 bits per heavy atom. The smallest absolute Gasteiger partial charge is 0.308 e. The van der Waals surface area contributed by atoms with Crippen LogP contribution in [0.1, 0.15) is 19.8 Å². The van der Waals surface area contributed by atoms with Gasteiger partial charge in [0.2, 0.25) is 0 Å². The normalized spacial score (nSPS) is 33.3. The summed E-state index contributed by atoms with van der Waals surface area (Å²) in [6.45, 7) is 4.58. The predicted molar refractivity (Wildman–Crippen MR) is 49.2 cm³/mol. The van der Waals surface area contributed by atoms with Gasteiger partial charge in [-0.05, 0) is 44.7 Å². The molecule has 2 fully saturated rings. The van der Waals surface area contributed by atoms with E-state index in [0.29, 0.717) is 6.61 Å². The highest BCUT2D eigenvalue weighted by atomic mass is 16.5. The van der Waals surface area contributed by atoms with E-state index in [-0.39, 0.29) is 11.9 Å². The fourth-order valence-corrected chi connectivity index (χ4v) is 2.62. The fraction of sp³-hybridized carbons (Fsp3) is 0.900. The lowest BCUT2D eigenvalue weighted by Crippen LogP contribution is -2.19. The van der Waals surface area contributed by atoms with E-state index in [0.717, 1.165) is 37.8 Å². The van der Waals surface area contributed by atoms with Gasteiger partial charge in [-0.25, -0.2) is 0 Å². The summed E-state index contributed by atoms with van der Waals surface area (Å²) in [4.78, 5) is 11.4. The van der Waals surface area contributed by atoms with Crippen LogP contribution in [0.5, 0.6) is 0 Å². The first-order valence-corrected chi connectivity index (χ1v) is 5.18. The van der Waals surface area contributed by atoms with Gasteiger partial charge in [-0.15, -0.1) is 0 Å². The Labute approximate surface area is 78.8 Å². The topological polar surface area (TPSA) is 38.3 Å². The van der Waals surface area contributed by atoms with Gasteiger partial charge in [-0.1, -0.05) is 0 Å². The van der Waals surface area contributed by atoms with Crippen molar-refractivity contribution in [2.75, 3.05) is 19.7 Å². The van der Waals surface area contributed by atoms with E-state index in [9.17, 15) is 4.79 Å². The molecule has 1 saturated heterocycles. The molecular formula is C10H17NO2. The molecule has 74 valence electrons. The van der Waals surface area contributed by atoms with E-state index in [1.165, 1.54) is 0 Å². The number of carbonyl (C=O) groups is 1. The highest BCUT2D eigenvalue weighted by molar-refractivity contribution is 5.72. The highest BCUT2D eigenvalue weighted by Gasteiger charge is 2.40. The zero-order valence-electron chi connectivity index (χ0n) is 8.08. The molecule has 2 rings (SSSR count). The van der Waals surface area contributed by atoms with Crippen molar-refractivity contribution in [2.24, 2.45) is 17.8 Å². The maximum Gasteiger partial charge on any atom is 0.308 e. The summed E-state index contributed by atoms with van der Waals surface area (Å²) in [6, 6.07) is 0. The third-order valence-corrected chi connectivity index (χ3v) is 3.27. The molecule has 1 aliphatic carbocycles. The van der Waals surface area contributed by atoms with Crippen LogP contribution in [0.3, 0.4) is 0 Å². The summed E-state index contributed by atoms with van der Waals surface area (Å²) in [5.41, 5.74) is 0. The molecule has 0 bridgehead atoms. The molecule has 1 aliphatic heterocycles. The van der Waals surface area contributed by atoms with Gasteiger partial charge in [0.15, 0.2) is 0 Å². The molecule has 0 radical (unpaired) electrons. The second-order valence-corrected chi connectivity index (χ2v) is 4.10. The van der Waals surface area contributed by atoms with E-state index in [1.54, 1.807) is 0 Å². The van der Waals surface area contributed by atoms with Crippen molar-refractivity contribution in [3.63, 3.8) is 0 Å². The first kappa shape index (κ1) is 9.00. The quantitative estimate of drug-likeness (QED) is 0.643. The van der Waals surface area contributed by atoms with E-state index < -0.39 is 0 Å². The van der Waals surface area contributed by atoms with Crippen LogP contribution in [-0.4, -0.2) is 25.7 Å². The van der Waals surface area contributed by atoms with Gasteiger partial charge in [0.25, 0.3) is 0 Å². The molecule has 0 aromatic carbocycles. The van der Waals surface area contributed by atoms with Gasteiger partial charge in [0.05, 0.1) is 12.5 Å². The van der Waals surface area contributed by atoms with Gasteiger partial charge < -0.3 is 10.1 Å². The fourth-order valence-electron chi connectivity index (χ4n) is 2.62. The Hall–Kier alpha value is -0.570. The molecular weight excluding hydrogens is 166 g/mol.